The summed E-state index contributed by atoms with van der Waals surface area (Å²) in [6.07, 6.45) is 8.01. The highest BCUT2D eigenvalue weighted by molar-refractivity contribution is 7.99. The lowest BCUT2D eigenvalue weighted by atomic mass is 10.0. The third-order valence-electron chi connectivity index (χ3n) is 3.70. The van der Waals surface area contributed by atoms with Gasteiger partial charge in [0.1, 0.15) is 6.67 Å². The van der Waals surface area contributed by atoms with Crippen molar-refractivity contribution in [2.24, 2.45) is 11.7 Å². The second-order valence-electron chi connectivity index (χ2n) is 5.26. The Kier molecular flexibility index (Phi) is 10.0. The Morgan fingerprint density at radius 1 is 1.48 bits per heavy atom. The van der Waals surface area contributed by atoms with Gasteiger partial charge in [0.2, 0.25) is 0 Å². The normalized spacial score (nSPS) is 20.9. The van der Waals surface area contributed by atoms with Gasteiger partial charge in [0.05, 0.1) is 12.1 Å². The van der Waals surface area contributed by atoms with Gasteiger partial charge in [-0.3, -0.25) is 0 Å². The third kappa shape index (κ3) is 6.96. The van der Waals surface area contributed by atoms with Crippen molar-refractivity contribution < 1.29 is 13.9 Å². The zero-order valence-electron chi connectivity index (χ0n) is 13.1. The molecule has 2 unspecified atom stereocenters. The standard InChI is InChI=1S/C16H28FNO2S/c1-3-14(16(19-2)15(18)11-17)5-4-10-21-12-13-6-8-20-9-7-13/h3-5,13,15-16H,6-12,18H2,1-2H3/b5-4-,14-3+. The lowest BCUT2D eigenvalue weighted by molar-refractivity contribution is 0.0728. The molecule has 1 fully saturated rings. The Hall–Kier alpha value is -0.360. The first-order valence-electron chi connectivity index (χ1n) is 7.55. The van der Waals surface area contributed by atoms with Gasteiger partial charge in [0.25, 0.3) is 0 Å². The average Bonchev–Trinajstić information content (AvgIpc) is 2.54. The molecule has 1 aliphatic heterocycles. The van der Waals surface area contributed by atoms with Crippen LogP contribution in [0.25, 0.3) is 0 Å². The predicted octanol–water partition coefficient (Wildman–Crippen LogP) is 2.96. The molecule has 0 radical (unpaired) electrons. The number of alkyl halides is 1. The van der Waals surface area contributed by atoms with Crippen LogP contribution in [0.3, 0.4) is 0 Å². The quantitative estimate of drug-likeness (QED) is 0.524. The van der Waals surface area contributed by atoms with Crippen molar-refractivity contribution in [2.45, 2.75) is 31.9 Å². The molecule has 1 heterocycles. The van der Waals surface area contributed by atoms with E-state index in [-0.39, 0.29) is 6.10 Å². The summed E-state index contributed by atoms with van der Waals surface area (Å²) in [6, 6.07) is -0.610. The minimum atomic E-state index is -0.610. The number of ether oxygens (including phenoxy) is 2. The third-order valence-corrected chi connectivity index (χ3v) is 4.84. The molecule has 21 heavy (non-hydrogen) atoms. The number of thioether (sulfide) groups is 1. The Bertz CT molecular complexity index is 330. The van der Waals surface area contributed by atoms with Crippen LogP contribution in [0, 0.1) is 5.92 Å². The lowest BCUT2D eigenvalue weighted by Crippen LogP contribution is -2.38. The zero-order valence-corrected chi connectivity index (χ0v) is 13.9. The summed E-state index contributed by atoms with van der Waals surface area (Å²) in [4.78, 5) is 0. The van der Waals surface area contributed by atoms with Crippen molar-refractivity contribution in [3.8, 4) is 0 Å². The summed E-state index contributed by atoms with van der Waals surface area (Å²) in [5.74, 6) is 2.91. The number of hydrogen-bond donors (Lipinski definition) is 1. The molecule has 0 saturated carbocycles. The van der Waals surface area contributed by atoms with Gasteiger partial charge in [0, 0.05) is 26.1 Å². The Morgan fingerprint density at radius 3 is 2.76 bits per heavy atom. The molecule has 0 aromatic carbocycles. The topological polar surface area (TPSA) is 44.5 Å². The summed E-state index contributed by atoms with van der Waals surface area (Å²) in [6.45, 7) is 3.15. The number of nitrogens with two attached hydrogens (primary N) is 1. The van der Waals surface area contributed by atoms with E-state index in [1.807, 2.05) is 30.8 Å². The van der Waals surface area contributed by atoms with E-state index in [0.717, 1.165) is 30.5 Å². The second-order valence-corrected chi connectivity index (χ2v) is 6.33. The fourth-order valence-corrected chi connectivity index (χ4v) is 3.43. The number of allylic oxidation sites excluding steroid dienone is 1. The first-order chi connectivity index (χ1) is 10.2. The average molecular weight is 317 g/mol. The molecule has 1 saturated heterocycles. The first-order valence-corrected chi connectivity index (χ1v) is 8.71. The van der Waals surface area contributed by atoms with Crippen LogP contribution in [0.15, 0.2) is 23.8 Å². The van der Waals surface area contributed by atoms with Gasteiger partial charge in [-0.15, -0.1) is 0 Å². The molecule has 1 rings (SSSR count). The molecule has 5 heteroatoms. The van der Waals surface area contributed by atoms with Crippen LogP contribution in [0.4, 0.5) is 4.39 Å². The fourth-order valence-electron chi connectivity index (χ4n) is 2.39. The summed E-state index contributed by atoms with van der Waals surface area (Å²) < 4.78 is 23.4. The smallest absolute Gasteiger partial charge is 0.107 e. The van der Waals surface area contributed by atoms with E-state index in [1.54, 1.807) is 7.11 Å². The Labute approximate surface area is 132 Å². The Morgan fingerprint density at radius 2 is 2.19 bits per heavy atom. The maximum absolute atomic E-state index is 12.7. The molecule has 0 aromatic heterocycles. The van der Waals surface area contributed by atoms with Crippen LogP contribution in [-0.2, 0) is 9.47 Å². The molecule has 0 aromatic rings. The van der Waals surface area contributed by atoms with Crippen LogP contribution in [-0.4, -0.2) is 50.6 Å². The Balaban J connectivity index is 2.32. The summed E-state index contributed by atoms with van der Waals surface area (Å²) in [5, 5.41) is 0. The molecular weight excluding hydrogens is 289 g/mol. The van der Waals surface area contributed by atoms with Crippen molar-refractivity contribution in [2.75, 3.05) is 38.5 Å². The molecule has 0 aliphatic carbocycles. The number of rotatable bonds is 9. The highest BCUT2D eigenvalue weighted by Gasteiger charge is 2.19. The monoisotopic (exact) mass is 317 g/mol. The van der Waals surface area contributed by atoms with Crippen LogP contribution >= 0.6 is 11.8 Å². The van der Waals surface area contributed by atoms with Crippen molar-refractivity contribution in [1.29, 1.82) is 0 Å². The minimum absolute atomic E-state index is 0.378. The lowest BCUT2D eigenvalue weighted by Gasteiger charge is -2.22. The summed E-state index contributed by atoms with van der Waals surface area (Å²) in [5.41, 5.74) is 6.68. The highest BCUT2D eigenvalue weighted by Crippen LogP contribution is 2.20. The molecule has 1 aliphatic rings. The SMILES string of the molecule is C/C=C(\C=C/CSCC1CCOCC1)C(OC)C(N)CF. The number of halogens is 1. The molecular formula is C16H28FNO2S. The van der Waals surface area contributed by atoms with Gasteiger partial charge >= 0.3 is 0 Å². The molecule has 0 spiro atoms. The van der Waals surface area contributed by atoms with Crippen molar-refractivity contribution in [3.63, 3.8) is 0 Å². The van der Waals surface area contributed by atoms with E-state index in [1.165, 1.54) is 18.6 Å². The summed E-state index contributed by atoms with van der Waals surface area (Å²) >= 11 is 1.93. The maximum Gasteiger partial charge on any atom is 0.107 e. The molecule has 3 nitrogen and oxygen atoms in total. The van der Waals surface area contributed by atoms with E-state index in [4.69, 9.17) is 15.2 Å². The van der Waals surface area contributed by atoms with E-state index in [0.29, 0.717) is 0 Å². The fraction of sp³-hybridized carbons (Fsp3) is 0.750. The van der Waals surface area contributed by atoms with E-state index in [9.17, 15) is 4.39 Å². The van der Waals surface area contributed by atoms with Gasteiger partial charge in [0.15, 0.2) is 0 Å². The molecule has 2 N–H and O–H groups in total. The summed E-state index contributed by atoms with van der Waals surface area (Å²) in [7, 11) is 1.57. The van der Waals surface area contributed by atoms with Crippen LogP contribution in [0.1, 0.15) is 19.8 Å². The van der Waals surface area contributed by atoms with Crippen LogP contribution < -0.4 is 5.73 Å². The second kappa shape index (κ2) is 11.2. The number of methoxy groups -OCH3 is 1. The van der Waals surface area contributed by atoms with Gasteiger partial charge < -0.3 is 15.2 Å². The van der Waals surface area contributed by atoms with Gasteiger partial charge in [-0.2, -0.15) is 11.8 Å². The van der Waals surface area contributed by atoms with Gasteiger partial charge in [-0.05, 0) is 37.0 Å². The number of hydrogen-bond acceptors (Lipinski definition) is 4. The van der Waals surface area contributed by atoms with E-state index < -0.39 is 12.7 Å². The minimum Gasteiger partial charge on any atom is -0.381 e. The van der Waals surface area contributed by atoms with Crippen molar-refractivity contribution >= 4 is 11.8 Å². The highest BCUT2D eigenvalue weighted by atomic mass is 32.2. The largest absolute Gasteiger partial charge is 0.381 e. The zero-order chi connectivity index (χ0) is 15.5. The van der Waals surface area contributed by atoms with E-state index >= 15 is 0 Å². The molecule has 0 bridgehead atoms. The van der Waals surface area contributed by atoms with Crippen LogP contribution in [0.5, 0.6) is 0 Å². The van der Waals surface area contributed by atoms with Gasteiger partial charge in [-0.25, -0.2) is 4.39 Å². The van der Waals surface area contributed by atoms with E-state index in [2.05, 4.69) is 6.08 Å². The van der Waals surface area contributed by atoms with Gasteiger partial charge in [-0.1, -0.05) is 18.2 Å². The molecule has 122 valence electrons. The molecule has 2 atom stereocenters. The van der Waals surface area contributed by atoms with Crippen LogP contribution in [0.2, 0.25) is 0 Å². The maximum atomic E-state index is 12.7. The predicted molar refractivity (Wildman–Crippen MR) is 88.5 cm³/mol. The van der Waals surface area contributed by atoms with Crippen molar-refractivity contribution in [3.05, 3.63) is 23.8 Å². The first kappa shape index (κ1) is 18.7. The molecule has 0 amide bonds. The van der Waals surface area contributed by atoms with Crippen molar-refractivity contribution in [1.82, 2.24) is 0 Å².